The molecule has 0 saturated heterocycles. The zero-order valence-electron chi connectivity index (χ0n) is 11.0. The third-order valence-corrected chi connectivity index (χ3v) is 3.64. The van der Waals surface area contributed by atoms with E-state index >= 15 is 0 Å². The van der Waals surface area contributed by atoms with Crippen LogP contribution < -0.4 is 0 Å². The molecule has 0 aromatic carbocycles. The molecule has 2 unspecified atom stereocenters. The van der Waals surface area contributed by atoms with Gasteiger partial charge in [0, 0.05) is 0 Å². The first-order chi connectivity index (χ1) is 6.67. The Morgan fingerprint density at radius 1 is 0.857 bits per heavy atom. The van der Waals surface area contributed by atoms with Gasteiger partial charge in [-0.05, 0) is 17.8 Å². The summed E-state index contributed by atoms with van der Waals surface area (Å²) in [5.74, 6) is 2.80. The summed E-state index contributed by atoms with van der Waals surface area (Å²) in [5, 5.41) is 0. The minimum Gasteiger partial charge on any atom is -0.0654 e. The molecular weight excluding hydrogens is 168 g/mol. The van der Waals surface area contributed by atoms with Crippen LogP contribution in [0.25, 0.3) is 0 Å². The number of unbranched alkanes of at least 4 members (excludes halogenated alkanes) is 2. The van der Waals surface area contributed by atoms with Crippen molar-refractivity contribution in [1.29, 1.82) is 0 Å². The van der Waals surface area contributed by atoms with Gasteiger partial charge in [0.2, 0.25) is 0 Å². The summed E-state index contributed by atoms with van der Waals surface area (Å²) in [5.41, 5.74) is 0. The Kier molecular flexibility index (Phi) is 8.32. The van der Waals surface area contributed by atoms with E-state index in [1.165, 1.54) is 38.5 Å². The molecule has 0 heterocycles. The molecule has 0 aliphatic carbocycles. The van der Waals surface area contributed by atoms with E-state index in [-0.39, 0.29) is 0 Å². The molecule has 0 fully saturated rings. The van der Waals surface area contributed by atoms with Gasteiger partial charge in [0.15, 0.2) is 0 Å². The molecule has 0 N–H and O–H groups in total. The van der Waals surface area contributed by atoms with Crippen molar-refractivity contribution in [3.8, 4) is 0 Å². The van der Waals surface area contributed by atoms with Crippen LogP contribution in [0.5, 0.6) is 0 Å². The molecule has 0 aromatic heterocycles. The van der Waals surface area contributed by atoms with Crippen LogP contribution in [0.15, 0.2) is 0 Å². The highest BCUT2D eigenvalue weighted by Crippen LogP contribution is 2.30. The van der Waals surface area contributed by atoms with Crippen LogP contribution in [0.2, 0.25) is 0 Å². The zero-order chi connectivity index (χ0) is 11.0. The zero-order valence-corrected chi connectivity index (χ0v) is 11.0. The van der Waals surface area contributed by atoms with Crippen LogP contribution in [-0.2, 0) is 0 Å². The molecule has 0 radical (unpaired) electrons. The lowest BCUT2D eigenvalue weighted by Crippen LogP contribution is -2.19. The fraction of sp³-hybridized carbons (Fsp3) is 1.00. The maximum atomic E-state index is 2.39. The standard InChI is InChI=1S/C14H30/c1-6-9-10-11-13(7-2)14(8-3)12(4)5/h12-14H,6-11H2,1-5H3. The third kappa shape index (κ3) is 5.02. The summed E-state index contributed by atoms with van der Waals surface area (Å²) in [6.07, 6.45) is 8.42. The van der Waals surface area contributed by atoms with Gasteiger partial charge in [-0.2, -0.15) is 0 Å². The van der Waals surface area contributed by atoms with E-state index in [4.69, 9.17) is 0 Å². The quantitative estimate of drug-likeness (QED) is 0.466. The Labute approximate surface area is 91.5 Å². The summed E-state index contributed by atoms with van der Waals surface area (Å²) >= 11 is 0. The highest BCUT2D eigenvalue weighted by atomic mass is 14.3. The fourth-order valence-electron chi connectivity index (χ4n) is 2.73. The lowest BCUT2D eigenvalue weighted by molar-refractivity contribution is 0.221. The lowest BCUT2D eigenvalue weighted by Gasteiger charge is -2.28. The Hall–Kier alpha value is 0. The smallest absolute Gasteiger partial charge is 0.0365 e. The van der Waals surface area contributed by atoms with E-state index in [1.54, 1.807) is 0 Å². The molecule has 2 atom stereocenters. The van der Waals surface area contributed by atoms with Crippen molar-refractivity contribution in [2.75, 3.05) is 0 Å². The molecule has 0 bridgehead atoms. The maximum absolute atomic E-state index is 2.39. The Bertz CT molecular complexity index is 115. The van der Waals surface area contributed by atoms with Gasteiger partial charge >= 0.3 is 0 Å². The average Bonchev–Trinajstić information content (AvgIpc) is 2.16. The van der Waals surface area contributed by atoms with Crippen molar-refractivity contribution in [1.82, 2.24) is 0 Å². The molecule has 0 heteroatoms. The largest absolute Gasteiger partial charge is 0.0654 e. The van der Waals surface area contributed by atoms with Crippen LogP contribution in [0.3, 0.4) is 0 Å². The van der Waals surface area contributed by atoms with Crippen LogP contribution >= 0.6 is 0 Å². The molecule has 0 aliphatic rings. The number of rotatable bonds is 8. The summed E-state index contributed by atoms with van der Waals surface area (Å²) in [6, 6.07) is 0. The molecule has 0 saturated carbocycles. The van der Waals surface area contributed by atoms with E-state index in [1.807, 2.05) is 0 Å². The monoisotopic (exact) mass is 198 g/mol. The Balaban J connectivity index is 3.95. The van der Waals surface area contributed by atoms with Crippen molar-refractivity contribution in [3.05, 3.63) is 0 Å². The van der Waals surface area contributed by atoms with Crippen molar-refractivity contribution < 1.29 is 0 Å². The maximum Gasteiger partial charge on any atom is -0.0365 e. The molecule has 86 valence electrons. The summed E-state index contributed by atoms with van der Waals surface area (Å²) in [6.45, 7) is 11.8. The molecule has 0 amide bonds. The van der Waals surface area contributed by atoms with Crippen molar-refractivity contribution in [2.45, 2.75) is 73.1 Å². The predicted octanol–water partition coefficient (Wildman–Crippen LogP) is 5.28. The minimum atomic E-state index is 0.867. The van der Waals surface area contributed by atoms with E-state index in [2.05, 4.69) is 34.6 Å². The molecule has 0 spiro atoms. The van der Waals surface area contributed by atoms with E-state index < -0.39 is 0 Å². The van der Waals surface area contributed by atoms with Gasteiger partial charge in [-0.25, -0.2) is 0 Å². The highest BCUT2D eigenvalue weighted by Gasteiger charge is 2.20. The average molecular weight is 198 g/mol. The number of hydrogen-bond donors (Lipinski definition) is 0. The van der Waals surface area contributed by atoms with Gasteiger partial charge in [0.25, 0.3) is 0 Å². The van der Waals surface area contributed by atoms with E-state index in [0.717, 1.165) is 17.8 Å². The first kappa shape index (κ1) is 14.0. The van der Waals surface area contributed by atoms with Gasteiger partial charge in [0.1, 0.15) is 0 Å². The van der Waals surface area contributed by atoms with E-state index in [9.17, 15) is 0 Å². The first-order valence-corrected chi connectivity index (χ1v) is 6.67. The second kappa shape index (κ2) is 8.32. The normalized spacial score (nSPS) is 15.9. The van der Waals surface area contributed by atoms with Gasteiger partial charge in [0.05, 0.1) is 0 Å². The van der Waals surface area contributed by atoms with Gasteiger partial charge in [-0.3, -0.25) is 0 Å². The van der Waals surface area contributed by atoms with Crippen LogP contribution in [-0.4, -0.2) is 0 Å². The molecule has 0 rings (SSSR count). The van der Waals surface area contributed by atoms with Gasteiger partial charge < -0.3 is 0 Å². The van der Waals surface area contributed by atoms with Crippen LogP contribution in [0, 0.1) is 17.8 Å². The Morgan fingerprint density at radius 2 is 1.50 bits per heavy atom. The minimum absolute atomic E-state index is 0.867. The predicted molar refractivity (Wildman–Crippen MR) is 66.5 cm³/mol. The second-order valence-corrected chi connectivity index (χ2v) is 4.98. The fourth-order valence-corrected chi connectivity index (χ4v) is 2.73. The molecular formula is C14H30. The summed E-state index contributed by atoms with van der Waals surface area (Å²) < 4.78 is 0. The lowest BCUT2D eigenvalue weighted by atomic mass is 9.77. The number of hydrogen-bond acceptors (Lipinski definition) is 0. The Morgan fingerprint density at radius 3 is 1.86 bits per heavy atom. The third-order valence-electron chi connectivity index (χ3n) is 3.64. The van der Waals surface area contributed by atoms with Crippen molar-refractivity contribution in [2.24, 2.45) is 17.8 Å². The van der Waals surface area contributed by atoms with Crippen LogP contribution in [0.1, 0.15) is 73.1 Å². The summed E-state index contributed by atoms with van der Waals surface area (Å²) in [4.78, 5) is 0. The molecule has 0 nitrogen and oxygen atoms in total. The summed E-state index contributed by atoms with van der Waals surface area (Å²) in [7, 11) is 0. The topological polar surface area (TPSA) is 0 Å². The molecule has 0 aromatic rings. The van der Waals surface area contributed by atoms with Crippen molar-refractivity contribution in [3.63, 3.8) is 0 Å². The van der Waals surface area contributed by atoms with Crippen molar-refractivity contribution >= 4 is 0 Å². The SMILES string of the molecule is CCCCCC(CC)C(CC)C(C)C. The van der Waals surface area contributed by atoms with Crippen LogP contribution in [0.4, 0.5) is 0 Å². The second-order valence-electron chi connectivity index (χ2n) is 4.98. The van der Waals surface area contributed by atoms with Gasteiger partial charge in [-0.1, -0.05) is 73.1 Å². The molecule has 0 aliphatic heterocycles. The highest BCUT2D eigenvalue weighted by molar-refractivity contribution is 4.71. The van der Waals surface area contributed by atoms with E-state index in [0.29, 0.717) is 0 Å². The first-order valence-electron chi connectivity index (χ1n) is 6.67. The molecule has 14 heavy (non-hydrogen) atoms. The van der Waals surface area contributed by atoms with Gasteiger partial charge in [-0.15, -0.1) is 0 Å².